The minimum atomic E-state index is -0.156. The van der Waals surface area contributed by atoms with Gasteiger partial charge in [-0.15, -0.1) is 11.3 Å². The van der Waals surface area contributed by atoms with Crippen LogP contribution in [0.15, 0.2) is 41.8 Å². The Labute approximate surface area is 134 Å². The van der Waals surface area contributed by atoms with E-state index in [1.165, 1.54) is 17.7 Å². The molecule has 1 aromatic heterocycles. The fourth-order valence-electron chi connectivity index (χ4n) is 2.52. The van der Waals surface area contributed by atoms with Gasteiger partial charge in [-0.1, -0.05) is 12.1 Å². The second kappa shape index (κ2) is 6.94. The van der Waals surface area contributed by atoms with Gasteiger partial charge in [0.05, 0.1) is 12.6 Å². The van der Waals surface area contributed by atoms with Gasteiger partial charge in [0.1, 0.15) is 0 Å². The number of hydrogen-bond donors (Lipinski definition) is 3. The van der Waals surface area contributed by atoms with Crippen molar-refractivity contribution >= 4 is 22.9 Å². The van der Waals surface area contributed by atoms with Crippen LogP contribution in [0.4, 0.5) is 5.69 Å². The van der Waals surface area contributed by atoms with Crippen LogP contribution < -0.4 is 10.6 Å². The molecule has 0 spiro atoms. The summed E-state index contributed by atoms with van der Waals surface area (Å²) in [6.07, 6.45) is 2.51. The molecule has 22 heavy (non-hydrogen) atoms. The van der Waals surface area contributed by atoms with Gasteiger partial charge in [0.25, 0.3) is 5.91 Å². The van der Waals surface area contributed by atoms with Crippen molar-refractivity contribution < 1.29 is 9.90 Å². The Balaban J connectivity index is 1.73. The highest BCUT2D eigenvalue weighted by Crippen LogP contribution is 2.44. The topological polar surface area (TPSA) is 61.4 Å². The van der Waals surface area contributed by atoms with Crippen LogP contribution in [0, 0.1) is 5.92 Å². The Kier molecular flexibility index (Phi) is 4.75. The lowest BCUT2D eigenvalue weighted by atomic mass is 10.1. The number of hydrogen-bond acceptors (Lipinski definition) is 4. The molecule has 1 aliphatic rings. The van der Waals surface area contributed by atoms with Crippen molar-refractivity contribution in [3.05, 3.63) is 52.2 Å². The van der Waals surface area contributed by atoms with Gasteiger partial charge in [-0.25, -0.2) is 0 Å². The average Bonchev–Trinajstić information content (AvgIpc) is 3.24. The summed E-state index contributed by atoms with van der Waals surface area (Å²) in [6, 6.07) is 12.1. The number of rotatable bonds is 7. The molecule has 3 rings (SSSR count). The van der Waals surface area contributed by atoms with Gasteiger partial charge in [-0.3, -0.25) is 4.79 Å². The van der Waals surface area contributed by atoms with Crippen LogP contribution in [0.2, 0.25) is 0 Å². The van der Waals surface area contributed by atoms with Crippen molar-refractivity contribution in [2.24, 2.45) is 5.92 Å². The lowest BCUT2D eigenvalue weighted by molar-refractivity contribution is 0.0945. The lowest BCUT2D eigenvalue weighted by Gasteiger charge is -2.18. The number of aliphatic hydroxyl groups is 1. The quantitative estimate of drug-likeness (QED) is 0.736. The van der Waals surface area contributed by atoms with Gasteiger partial charge < -0.3 is 15.7 Å². The first-order valence-electron chi connectivity index (χ1n) is 7.57. The van der Waals surface area contributed by atoms with E-state index >= 15 is 0 Å². The number of carbonyl (C=O) groups is 1. The second-order valence-corrected chi connectivity index (χ2v) is 6.51. The standard InChI is InChI=1S/C17H20N2O2S/c20-9-8-18-17(21)13-3-1-4-14(11-13)19-16(12-6-7-12)15-5-2-10-22-15/h1-5,10-12,16,19-20H,6-9H2,(H,18,21). The molecule has 5 heteroatoms. The predicted octanol–water partition coefficient (Wildman–Crippen LogP) is 3.03. The van der Waals surface area contributed by atoms with Crippen LogP contribution in [-0.2, 0) is 0 Å². The third-order valence-electron chi connectivity index (χ3n) is 3.79. The zero-order valence-electron chi connectivity index (χ0n) is 12.3. The normalized spacial score (nSPS) is 15.3. The van der Waals surface area contributed by atoms with Crippen LogP contribution in [0.25, 0.3) is 0 Å². The van der Waals surface area contributed by atoms with Gasteiger partial charge in [0, 0.05) is 22.7 Å². The number of anilines is 1. The van der Waals surface area contributed by atoms with E-state index < -0.39 is 0 Å². The summed E-state index contributed by atoms with van der Waals surface area (Å²) in [7, 11) is 0. The fraction of sp³-hybridized carbons (Fsp3) is 0.353. The smallest absolute Gasteiger partial charge is 0.251 e. The SMILES string of the molecule is O=C(NCCO)c1cccc(NC(c2cccs2)C2CC2)c1. The molecule has 0 radical (unpaired) electrons. The van der Waals surface area contributed by atoms with E-state index in [2.05, 4.69) is 28.1 Å². The summed E-state index contributed by atoms with van der Waals surface area (Å²) >= 11 is 1.77. The van der Waals surface area contributed by atoms with E-state index in [0.29, 0.717) is 17.5 Å². The molecule has 1 aliphatic carbocycles. The van der Waals surface area contributed by atoms with Crippen LogP contribution in [-0.4, -0.2) is 24.2 Å². The molecule has 0 saturated heterocycles. The maximum Gasteiger partial charge on any atom is 0.251 e. The van der Waals surface area contributed by atoms with E-state index in [1.807, 2.05) is 18.2 Å². The first-order chi connectivity index (χ1) is 10.8. The van der Waals surface area contributed by atoms with Crippen LogP contribution in [0.1, 0.15) is 34.1 Å². The van der Waals surface area contributed by atoms with Crippen molar-refractivity contribution in [3.8, 4) is 0 Å². The van der Waals surface area contributed by atoms with Gasteiger partial charge in [0.15, 0.2) is 0 Å². The first-order valence-corrected chi connectivity index (χ1v) is 8.45. The molecule has 2 aromatic rings. The van der Waals surface area contributed by atoms with Crippen molar-refractivity contribution in [1.82, 2.24) is 5.32 Å². The summed E-state index contributed by atoms with van der Waals surface area (Å²) in [5.74, 6) is 0.530. The summed E-state index contributed by atoms with van der Waals surface area (Å²) in [6.45, 7) is 0.224. The van der Waals surface area contributed by atoms with Crippen LogP contribution in [0.5, 0.6) is 0 Å². The van der Waals surface area contributed by atoms with E-state index in [1.54, 1.807) is 17.4 Å². The Morgan fingerprint density at radius 3 is 2.86 bits per heavy atom. The number of amides is 1. The third-order valence-corrected chi connectivity index (χ3v) is 4.74. The molecule has 116 valence electrons. The maximum absolute atomic E-state index is 12.0. The third kappa shape index (κ3) is 3.67. The number of aliphatic hydroxyl groups excluding tert-OH is 1. The zero-order chi connectivity index (χ0) is 15.4. The molecule has 0 bridgehead atoms. The highest BCUT2D eigenvalue weighted by Gasteiger charge is 2.32. The molecule has 1 aromatic carbocycles. The van der Waals surface area contributed by atoms with Crippen molar-refractivity contribution in [2.45, 2.75) is 18.9 Å². The fourth-order valence-corrected chi connectivity index (χ4v) is 3.39. The van der Waals surface area contributed by atoms with Crippen molar-refractivity contribution in [2.75, 3.05) is 18.5 Å². The maximum atomic E-state index is 12.0. The minimum absolute atomic E-state index is 0.0498. The highest BCUT2D eigenvalue weighted by molar-refractivity contribution is 7.10. The molecule has 1 fully saturated rings. The molecular formula is C17H20N2O2S. The number of thiophene rings is 1. The highest BCUT2D eigenvalue weighted by atomic mass is 32.1. The van der Waals surface area contributed by atoms with Crippen LogP contribution in [0.3, 0.4) is 0 Å². The van der Waals surface area contributed by atoms with Gasteiger partial charge in [-0.05, 0) is 48.4 Å². The molecule has 0 aliphatic heterocycles. The zero-order valence-corrected chi connectivity index (χ0v) is 13.1. The Morgan fingerprint density at radius 1 is 1.32 bits per heavy atom. The first kappa shape index (κ1) is 15.1. The molecule has 4 nitrogen and oxygen atoms in total. The van der Waals surface area contributed by atoms with Gasteiger partial charge in [-0.2, -0.15) is 0 Å². The predicted molar refractivity (Wildman–Crippen MR) is 89.3 cm³/mol. The van der Waals surface area contributed by atoms with E-state index in [-0.39, 0.29) is 19.1 Å². The van der Waals surface area contributed by atoms with E-state index in [0.717, 1.165) is 5.69 Å². The lowest BCUT2D eigenvalue weighted by Crippen LogP contribution is -2.26. The molecule has 3 N–H and O–H groups in total. The summed E-state index contributed by atoms with van der Waals surface area (Å²) in [5, 5.41) is 17.1. The molecular weight excluding hydrogens is 296 g/mol. The van der Waals surface area contributed by atoms with Crippen molar-refractivity contribution in [1.29, 1.82) is 0 Å². The number of nitrogens with one attached hydrogen (secondary N) is 2. The number of benzene rings is 1. The molecule has 1 atom stereocenters. The average molecular weight is 316 g/mol. The molecule has 1 saturated carbocycles. The van der Waals surface area contributed by atoms with E-state index in [9.17, 15) is 4.79 Å². The van der Waals surface area contributed by atoms with Gasteiger partial charge in [0.2, 0.25) is 0 Å². The monoisotopic (exact) mass is 316 g/mol. The van der Waals surface area contributed by atoms with E-state index in [4.69, 9.17) is 5.11 Å². The largest absolute Gasteiger partial charge is 0.395 e. The van der Waals surface area contributed by atoms with Crippen molar-refractivity contribution in [3.63, 3.8) is 0 Å². The number of carbonyl (C=O) groups excluding carboxylic acids is 1. The summed E-state index contributed by atoms with van der Waals surface area (Å²) in [5.41, 5.74) is 1.57. The summed E-state index contributed by atoms with van der Waals surface area (Å²) < 4.78 is 0. The molecule has 1 unspecified atom stereocenters. The minimum Gasteiger partial charge on any atom is -0.395 e. The molecule has 1 heterocycles. The Bertz CT molecular complexity index is 623. The Morgan fingerprint density at radius 2 is 2.18 bits per heavy atom. The summed E-state index contributed by atoms with van der Waals surface area (Å²) in [4.78, 5) is 13.3. The second-order valence-electron chi connectivity index (χ2n) is 5.54. The van der Waals surface area contributed by atoms with Gasteiger partial charge >= 0.3 is 0 Å². The molecule has 1 amide bonds. The van der Waals surface area contributed by atoms with Crippen LogP contribution >= 0.6 is 11.3 Å². The Hall–Kier alpha value is -1.85.